The molecule has 0 aromatic heterocycles. The maximum Gasteiger partial charge on any atom is 0.329 e. The molecule has 0 atom stereocenters. The molecule has 0 saturated carbocycles. The summed E-state index contributed by atoms with van der Waals surface area (Å²) < 4.78 is 15.5. The molecule has 218 valence electrons. The smallest absolute Gasteiger partial charge is 0.329 e. The van der Waals surface area contributed by atoms with E-state index in [1.165, 1.54) is 64.2 Å². The summed E-state index contributed by atoms with van der Waals surface area (Å²) in [5.41, 5.74) is -0.376. The van der Waals surface area contributed by atoms with Crippen molar-refractivity contribution in [2.24, 2.45) is 0 Å². The highest BCUT2D eigenvalue weighted by Gasteiger charge is 2.15. The van der Waals surface area contributed by atoms with Gasteiger partial charge in [-0.15, -0.1) is 0 Å². The van der Waals surface area contributed by atoms with Gasteiger partial charge >= 0.3 is 11.9 Å². The summed E-state index contributed by atoms with van der Waals surface area (Å²) in [6.07, 6.45) is 18.8. The van der Waals surface area contributed by atoms with Crippen LogP contribution in [0.2, 0.25) is 0 Å². The van der Waals surface area contributed by atoms with Crippen LogP contribution < -0.4 is 5.32 Å². The lowest BCUT2D eigenvalue weighted by molar-refractivity contribution is -0.155. The number of carboxylic acid groups (broad SMARTS) is 1. The van der Waals surface area contributed by atoms with Gasteiger partial charge in [-0.25, -0.2) is 4.79 Å². The third kappa shape index (κ3) is 30.4. The van der Waals surface area contributed by atoms with Crippen molar-refractivity contribution in [2.45, 2.75) is 136 Å². The molecule has 0 radical (unpaired) electrons. The molecule has 0 aliphatic carbocycles. The maximum absolute atomic E-state index is 11.8. The van der Waals surface area contributed by atoms with Crippen molar-refractivity contribution in [2.75, 3.05) is 33.0 Å². The summed E-state index contributed by atoms with van der Waals surface area (Å²) in [5.74, 6) is -0.955. The highest BCUT2D eigenvalue weighted by Crippen LogP contribution is 2.15. The number of nitrogens with one attached hydrogen (secondary N) is 1. The number of carboxylic acids is 1. The van der Waals surface area contributed by atoms with Crippen LogP contribution >= 0.6 is 0 Å². The zero-order chi connectivity index (χ0) is 27.6. The fraction of sp³-hybridized carbons (Fsp3) is 0.897. The van der Waals surface area contributed by atoms with Gasteiger partial charge in [0.2, 0.25) is 5.91 Å². The molecule has 0 aromatic rings. The first-order valence-electron chi connectivity index (χ1n) is 14.6. The Bertz CT molecular complexity index is 575. The lowest BCUT2D eigenvalue weighted by atomic mass is 10.0. The Morgan fingerprint density at radius 1 is 0.622 bits per heavy atom. The van der Waals surface area contributed by atoms with Crippen molar-refractivity contribution in [3.63, 3.8) is 0 Å². The topological polar surface area (TPSA) is 111 Å². The van der Waals surface area contributed by atoms with Crippen LogP contribution in [0.5, 0.6) is 0 Å². The predicted octanol–water partition coefficient (Wildman–Crippen LogP) is 6.19. The Morgan fingerprint density at radius 2 is 1.08 bits per heavy atom. The molecule has 2 N–H and O–H groups in total. The lowest BCUT2D eigenvalue weighted by Gasteiger charge is -2.19. The number of hydrogen-bond donors (Lipinski definition) is 2. The molecule has 0 spiro atoms. The third-order valence-corrected chi connectivity index (χ3v) is 5.84. The Kier molecular flexibility index (Phi) is 23.5. The number of ether oxygens (including phenoxy) is 3. The first-order chi connectivity index (χ1) is 17.7. The first kappa shape index (κ1) is 35.3. The Labute approximate surface area is 225 Å². The summed E-state index contributed by atoms with van der Waals surface area (Å²) in [6.45, 7) is 7.17. The normalized spacial score (nSPS) is 11.4. The van der Waals surface area contributed by atoms with E-state index in [0.717, 1.165) is 32.1 Å². The van der Waals surface area contributed by atoms with E-state index < -0.39 is 5.97 Å². The number of rotatable bonds is 26. The van der Waals surface area contributed by atoms with Crippen molar-refractivity contribution in [3.05, 3.63) is 0 Å². The van der Waals surface area contributed by atoms with Gasteiger partial charge in [0.15, 0.2) is 0 Å². The van der Waals surface area contributed by atoms with Gasteiger partial charge in [0.05, 0.1) is 13.2 Å². The molecule has 0 aliphatic heterocycles. The van der Waals surface area contributed by atoms with Crippen LogP contribution in [0.1, 0.15) is 130 Å². The van der Waals surface area contributed by atoms with Gasteiger partial charge in [0.25, 0.3) is 0 Å². The van der Waals surface area contributed by atoms with Gasteiger partial charge in [-0.2, -0.15) is 0 Å². The van der Waals surface area contributed by atoms with Crippen LogP contribution in [0.25, 0.3) is 0 Å². The van der Waals surface area contributed by atoms with Gasteiger partial charge in [-0.3, -0.25) is 9.59 Å². The molecule has 0 unspecified atom stereocenters. The largest absolute Gasteiger partial charge is 0.480 e. The van der Waals surface area contributed by atoms with E-state index in [-0.39, 0.29) is 30.7 Å². The minimum Gasteiger partial charge on any atom is -0.480 e. The number of amides is 1. The summed E-state index contributed by atoms with van der Waals surface area (Å²) in [7, 11) is 0. The van der Waals surface area contributed by atoms with Crippen LogP contribution in [0.15, 0.2) is 0 Å². The second kappa shape index (κ2) is 24.7. The number of esters is 1. The zero-order valence-corrected chi connectivity index (χ0v) is 24.0. The summed E-state index contributed by atoms with van der Waals surface area (Å²) in [4.78, 5) is 33.8. The third-order valence-electron chi connectivity index (χ3n) is 5.84. The van der Waals surface area contributed by atoms with E-state index in [9.17, 15) is 14.4 Å². The molecule has 8 heteroatoms. The molecule has 0 aliphatic rings. The minimum atomic E-state index is -0.984. The van der Waals surface area contributed by atoms with Crippen LogP contribution in [-0.4, -0.2) is 61.5 Å². The average Bonchev–Trinajstić information content (AvgIpc) is 2.81. The number of aliphatic carboxylic acids is 1. The van der Waals surface area contributed by atoms with Crippen molar-refractivity contribution in [1.29, 1.82) is 0 Å². The van der Waals surface area contributed by atoms with E-state index in [4.69, 9.17) is 19.3 Å². The average molecular weight is 530 g/mol. The highest BCUT2D eigenvalue weighted by molar-refractivity contribution is 5.75. The van der Waals surface area contributed by atoms with E-state index in [2.05, 4.69) is 5.32 Å². The standard InChI is InChI=1S/C29H55NO7/c1-29(2,3)37-28(34)20-17-15-13-11-9-7-5-4-6-8-10-12-14-16-19-26(31)30-21-18-22-35-23-24-36-25-27(32)33/h4-25H2,1-3H3,(H,30,31)(H,32,33). The molecule has 0 aromatic carbocycles. The summed E-state index contributed by atoms with van der Waals surface area (Å²) in [5, 5.41) is 11.3. The molecule has 37 heavy (non-hydrogen) atoms. The second-order valence-electron chi connectivity index (χ2n) is 10.8. The van der Waals surface area contributed by atoms with E-state index in [1.54, 1.807) is 0 Å². The van der Waals surface area contributed by atoms with Crippen molar-refractivity contribution < 1.29 is 33.7 Å². The molecule has 0 rings (SSSR count). The Morgan fingerprint density at radius 3 is 1.57 bits per heavy atom. The molecule has 1 amide bonds. The number of hydrogen-bond acceptors (Lipinski definition) is 6. The fourth-order valence-corrected chi connectivity index (χ4v) is 3.94. The quantitative estimate of drug-likeness (QED) is 0.101. The van der Waals surface area contributed by atoms with E-state index >= 15 is 0 Å². The summed E-state index contributed by atoms with van der Waals surface area (Å²) >= 11 is 0. The lowest BCUT2D eigenvalue weighted by Crippen LogP contribution is -2.25. The molecule has 0 bridgehead atoms. The molecule has 8 nitrogen and oxygen atoms in total. The Hall–Kier alpha value is -1.67. The SMILES string of the molecule is CC(C)(C)OC(=O)CCCCCCCCCCCCCCCCC(=O)NCCCOCCOCC(=O)O. The van der Waals surface area contributed by atoms with Gasteiger partial charge in [0, 0.05) is 26.0 Å². The predicted molar refractivity (Wildman–Crippen MR) is 147 cm³/mol. The monoisotopic (exact) mass is 529 g/mol. The van der Waals surface area contributed by atoms with Crippen molar-refractivity contribution in [3.8, 4) is 0 Å². The van der Waals surface area contributed by atoms with Crippen molar-refractivity contribution in [1.82, 2.24) is 5.32 Å². The van der Waals surface area contributed by atoms with Crippen molar-refractivity contribution >= 4 is 17.8 Å². The highest BCUT2D eigenvalue weighted by atomic mass is 16.6. The fourth-order valence-electron chi connectivity index (χ4n) is 3.94. The number of carbonyl (C=O) groups is 3. The molecular weight excluding hydrogens is 474 g/mol. The molecule has 0 fully saturated rings. The Balaban J connectivity index is 3.23. The van der Waals surface area contributed by atoms with Gasteiger partial charge in [-0.1, -0.05) is 77.0 Å². The van der Waals surface area contributed by atoms with Crippen LogP contribution in [-0.2, 0) is 28.6 Å². The minimum absolute atomic E-state index is 0.0761. The first-order valence-corrected chi connectivity index (χ1v) is 14.6. The van der Waals surface area contributed by atoms with Crippen LogP contribution in [0.3, 0.4) is 0 Å². The van der Waals surface area contributed by atoms with Gasteiger partial charge in [0.1, 0.15) is 12.2 Å². The number of unbranched alkanes of at least 4 members (excludes halogenated alkanes) is 13. The maximum atomic E-state index is 11.8. The summed E-state index contributed by atoms with van der Waals surface area (Å²) in [6, 6.07) is 0. The van der Waals surface area contributed by atoms with Gasteiger partial charge < -0.3 is 24.6 Å². The molecular formula is C29H55NO7. The van der Waals surface area contributed by atoms with Gasteiger partial charge in [-0.05, 0) is 40.0 Å². The molecule has 0 heterocycles. The van der Waals surface area contributed by atoms with Crippen LogP contribution in [0.4, 0.5) is 0 Å². The number of carbonyl (C=O) groups excluding carboxylic acids is 2. The second-order valence-corrected chi connectivity index (χ2v) is 10.8. The van der Waals surface area contributed by atoms with E-state index in [0.29, 0.717) is 32.6 Å². The molecule has 0 saturated heterocycles. The van der Waals surface area contributed by atoms with E-state index in [1.807, 2.05) is 20.8 Å². The zero-order valence-electron chi connectivity index (χ0n) is 24.0. The van der Waals surface area contributed by atoms with Crippen LogP contribution in [0, 0.1) is 0 Å².